The van der Waals surface area contributed by atoms with Crippen molar-refractivity contribution in [3.8, 4) is 5.75 Å². The predicted molar refractivity (Wildman–Crippen MR) is 160 cm³/mol. The van der Waals surface area contributed by atoms with Gasteiger partial charge in [0, 0.05) is 19.7 Å². The lowest BCUT2D eigenvalue weighted by atomic mass is 10.1. The number of ether oxygens (including phenoxy) is 2. The molecule has 0 bridgehead atoms. The van der Waals surface area contributed by atoms with E-state index < -0.39 is 15.9 Å². The van der Waals surface area contributed by atoms with E-state index in [0.29, 0.717) is 24.3 Å². The van der Waals surface area contributed by atoms with E-state index in [-0.39, 0.29) is 36.6 Å². The lowest BCUT2D eigenvalue weighted by Gasteiger charge is -2.21. The number of nitrogens with zero attached hydrogens (tertiary/aromatic N) is 2. The molecule has 222 valence electrons. The third kappa shape index (κ3) is 9.51. The van der Waals surface area contributed by atoms with Gasteiger partial charge in [-0.1, -0.05) is 48.0 Å². The number of sulfonamides is 1. The highest BCUT2D eigenvalue weighted by atomic mass is 32.2. The van der Waals surface area contributed by atoms with Crippen molar-refractivity contribution in [3.63, 3.8) is 0 Å². The van der Waals surface area contributed by atoms with Crippen molar-refractivity contribution < 1.29 is 27.5 Å². The van der Waals surface area contributed by atoms with Crippen LogP contribution in [0.2, 0.25) is 0 Å². The maximum atomic E-state index is 13.4. The highest BCUT2D eigenvalue weighted by molar-refractivity contribution is 7.89. The van der Waals surface area contributed by atoms with E-state index in [1.807, 2.05) is 37.3 Å². The average molecular weight is 593 g/mol. The molecule has 11 heteroatoms. The standard InChI is InChI=1S/C31H36N4O6S/c1-24-9-15-29(16-10-24)42(38,39)35(18-17-25-6-3-2-4-7-25)22-30(36)34-33-20-26-11-13-27(14-12-26)41-23-31(37)32-21-28-8-5-19-40-28/h2-4,6-7,9-16,20,28H,5,8,17-19,21-23H2,1H3,(H,32,37)(H,34,36)/b33-20+/t28-/m1/s1. The van der Waals surface area contributed by atoms with E-state index in [1.54, 1.807) is 48.5 Å². The van der Waals surface area contributed by atoms with E-state index in [0.717, 1.165) is 30.6 Å². The maximum absolute atomic E-state index is 13.4. The Hall–Kier alpha value is -4.06. The molecule has 1 fully saturated rings. The molecule has 0 spiro atoms. The van der Waals surface area contributed by atoms with Gasteiger partial charge in [-0.05, 0) is 73.7 Å². The van der Waals surface area contributed by atoms with Gasteiger partial charge in [0.05, 0.1) is 23.8 Å². The summed E-state index contributed by atoms with van der Waals surface area (Å²) in [5.74, 6) is -0.274. The monoisotopic (exact) mass is 592 g/mol. The first kappa shape index (κ1) is 30.9. The van der Waals surface area contributed by atoms with Gasteiger partial charge in [-0.15, -0.1) is 0 Å². The summed E-state index contributed by atoms with van der Waals surface area (Å²) in [5, 5.41) is 6.79. The van der Waals surface area contributed by atoms with Crippen molar-refractivity contribution in [2.24, 2.45) is 5.10 Å². The predicted octanol–water partition coefficient (Wildman–Crippen LogP) is 3.05. The maximum Gasteiger partial charge on any atom is 0.258 e. The minimum absolute atomic E-state index is 0.0722. The van der Waals surface area contributed by atoms with Crippen LogP contribution in [0.25, 0.3) is 0 Å². The van der Waals surface area contributed by atoms with Crippen LogP contribution in [-0.4, -0.2) is 69.7 Å². The first-order chi connectivity index (χ1) is 20.3. The summed E-state index contributed by atoms with van der Waals surface area (Å²) >= 11 is 0. The van der Waals surface area contributed by atoms with Gasteiger partial charge in [0.15, 0.2) is 6.61 Å². The number of carbonyl (C=O) groups excluding carboxylic acids is 2. The Kier molecular flexibility index (Phi) is 11.2. The molecule has 2 amide bonds. The third-order valence-electron chi connectivity index (χ3n) is 6.68. The van der Waals surface area contributed by atoms with Gasteiger partial charge >= 0.3 is 0 Å². The molecule has 1 saturated heterocycles. The first-order valence-electron chi connectivity index (χ1n) is 13.8. The van der Waals surface area contributed by atoms with Gasteiger partial charge in [0.25, 0.3) is 11.8 Å². The average Bonchev–Trinajstić information content (AvgIpc) is 3.52. The van der Waals surface area contributed by atoms with Crippen molar-refractivity contribution in [1.82, 2.24) is 15.0 Å². The molecule has 3 aromatic rings. The summed E-state index contributed by atoms with van der Waals surface area (Å²) in [4.78, 5) is 24.9. The van der Waals surface area contributed by atoms with Crippen molar-refractivity contribution in [1.29, 1.82) is 0 Å². The number of benzene rings is 3. The fourth-order valence-corrected chi connectivity index (χ4v) is 5.70. The molecule has 0 radical (unpaired) electrons. The van der Waals surface area contributed by atoms with Crippen LogP contribution in [-0.2, 0) is 30.8 Å². The largest absolute Gasteiger partial charge is 0.484 e. The molecule has 0 aromatic heterocycles. The molecular formula is C31H36N4O6S. The Bertz CT molecular complexity index is 1440. The van der Waals surface area contributed by atoms with Crippen LogP contribution in [0.5, 0.6) is 5.75 Å². The molecule has 1 aliphatic heterocycles. The van der Waals surface area contributed by atoms with Crippen LogP contribution >= 0.6 is 0 Å². The SMILES string of the molecule is Cc1ccc(S(=O)(=O)N(CCc2ccccc2)CC(=O)N/N=C/c2ccc(OCC(=O)NC[C@H]3CCCO3)cc2)cc1. The van der Waals surface area contributed by atoms with Gasteiger partial charge in [-0.2, -0.15) is 9.41 Å². The number of hydrazone groups is 1. The third-order valence-corrected chi connectivity index (χ3v) is 8.53. The van der Waals surface area contributed by atoms with Crippen LogP contribution < -0.4 is 15.5 Å². The molecule has 4 rings (SSSR count). The molecule has 0 aliphatic carbocycles. The molecule has 0 saturated carbocycles. The Morgan fingerprint density at radius 1 is 1.02 bits per heavy atom. The van der Waals surface area contributed by atoms with Crippen LogP contribution in [0.15, 0.2) is 88.9 Å². The Morgan fingerprint density at radius 2 is 1.76 bits per heavy atom. The van der Waals surface area contributed by atoms with Crippen molar-refractivity contribution in [2.75, 3.05) is 32.8 Å². The number of amides is 2. The molecule has 3 aromatic carbocycles. The highest BCUT2D eigenvalue weighted by Crippen LogP contribution is 2.17. The highest BCUT2D eigenvalue weighted by Gasteiger charge is 2.26. The number of rotatable bonds is 14. The quantitative estimate of drug-likeness (QED) is 0.219. The van der Waals surface area contributed by atoms with Crippen LogP contribution in [0.4, 0.5) is 0 Å². The summed E-state index contributed by atoms with van der Waals surface area (Å²) < 4.78 is 38.9. The summed E-state index contributed by atoms with van der Waals surface area (Å²) in [6.45, 7) is 2.73. The van der Waals surface area contributed by atoms with Crippen molar-refractivity contribution >= 4 is 28.1 Å². The van der Waals surface area contributed by atoms with Gasteiger partial charge in [0.2, 0.25) is 10.0 Å². The first-order valence-corrected chi connectivity index (χ1v) is 15.3. The molecule has 0 unspecified atom stereocenters. The van der Waals surface area contributed by atoms with E-state index in [2.05, 4.69) is 15.8 Å². The lowest BCUT2D eigenvalue weighted by Crippen LogP contribution is -2.40. The van der Waals surface area contributed by atoms with Crippen LogP contribution in [0, 0.1) is 6.92 Å². The van der Waals surface area contributed by atoms with Gasteiger partial charge < -0.3 is 14.8 Å². The normalized spacial score (nSPS) is 15.1. The number of nitrogens with one attached hydrogen (secondary N) is 2. The fourth-order valence-electron chi connectivity index (χ4n) is 4.30. The van der Waals surface area contributed by atoms with E-state index in [9.17, 15) is 18.0 Å². The van der Waals surface area contributed by atoms with Crippen molar-refractivity contribution in [2.45, 2.75) is 37.2 Å². The Balaban J connectivity index is 1.29. The summed E-state index contributed by atoms with van der Waals surface area (Å²) in [5.41, 5.74) is 5.00. The summed E-state index contributed by atoms with van der Waals surface area (Å²) in [7, 11) is -3.91. The number of aryl methyl sites for hydroxylation is 1. The molecule has 10 nitrogen and oxygen atoms in total. The molecule has 1 atom stereocenters. The lowest BCUT2D eigenvalue weighted by molar-refractivity contribution is -0.123. The molecule has 1 aliphatic rings. The zero-order valence-corrected chi connectivity index (χ0v) is 24.4. The zero-order valence-electron chi connectivity index (χ0n) is 23.6. The van der Waals surface area contributed by atoms with Gasteiger partial charge in [0.1, 0.15) is 5.75 Å². The molecule has 2 N–H and O–H groups in total. The van der Waals surface area contributed by atoms with E-state index in [4.69, 9.17) is 9.47 Å². The number of carbonyl (C=O) groups is 2. The zero-order chi connectivity index (χ0) is 29.8. The minimum Gasteiger partial charge on any atom is -0.484 e. The van der Waals surface area contributed by atoms with E-state index >= 15 is 0 Å². The fraction of sp³-hybridized carbons (Fsp3) is 0.323. The number of hydrogen-bond acceptors (Lipinski definition) is 7. The molecule has 42 heavy (non-hydrogen) atoms. The van der Waals surface area contributed by atoms with Crippen LogP contribution in [0.1, 0.15) is 29.5 Å². The second-order valence-corrected chi connectivity index (χ2v) is 11.9. The second kappa shape index (κ2) is 15.2. The van der Waals surface area contributed by atoms with E-state index in [1.165, 1.54) is 10.5 Å². The minimum atomic E-state index is -3.91. The van der Waals surface area contributed by atoms with Gasteiger partial charge in [-0.25, -0.2) is 13.8 Å². The molecular weight excluding hydrogens is 556 g/mol. The summed E-state index contributed by atoms with van der Waals surface area (Å²) in [6, 6.07) is 22.9. The number of hydrogen-bond donors (Lipinski definition) is 2. The van der Waals surface area contributed by atoms with Gasteiger partial charge in [-0.3, -0.25) is 9.59 Å². The van der Waals surface area contributed by atoms with Crippen molar-refractivity contribution in [3.05, 3.63) is 95.6 Å². The Morgan fingerprint density at radius 3 is 2.45 bits per heavy atom. The topological polar surface area (TPSA) is 126 Å². The molecule has 1 heterocycles. The second-order valence-electron chi connectivity index (χ2n) is 9.98. The summed E-state index contributed by atoms with van der Waals surface area (Å²) in [6.07, 6.45) is 3.93. The Labute approximate surface area is 246 Å². The smallest absolute Gasteiger partial charge is 0.258 e. The van der Waals surface area contributed by atoms with Crippen LogP contribution in [0.3, 0.4) is 0 Å².